The van der Waals surface area contributed by atoms with Crippen molar-refractivity contribution < 1.29 is 9.90 Å². The summed E-state index contributed by atoms with van der Waals surface area (Å²) in [7, 11) is 0. The topological polar surface area (TPSA) is 79.0 Å². The zero-order valence-corrected chi connectivity index (χ0v) is 14.8. The third-order valence-electron chi connectivity index (χ3n) is 4.21. The number of nitrogens with zero attached hydrogens (tertiary/aromatic N) is 2. The average Bonchev–Trinajstić information content (AvgIpc) is 3.00. The lowest BCUT2D eigenvalue weighted by Crippen LogP contribution is -2.14. The van der Waals surface area contributed by atoms with Crippen LogP contribution >= 0.6 is 0 Å². The van der Waals surface area contributed by atoms with Crippen LogP contribution in [0.15, 0.2) is 48.7 Å². The molecule has 0 amide bonds. The van der Waals surface area contributed by atoms with Gasteiger partial charge in [0.05, 0.1) is 5.69 Å². The summed E-state index contributed by atoms with van der Waals surface area (Å²) in [5, 5.41) is 21.4. The Kier molecular flexibility index (Phi) is 6.69. The Balaban J connectivity index is 1.96. The summed E-state index contributed by atoms with van der Waals surface area (Å²) in [6.07, 6.45) is 6.92. The van der Waals surface area contributed by atoms with Crippen LogP contribution in [0.25, 0.3) is 0 Å². The van der Waals surface area contributed by atoms with Gasteiger partial charge in [0.2, 0.25) is 0 Å². The normalized spacial score (nSPS) is 12.4. The second-order valence-electron chi connectivity index (χ2n) is 6.14. The van der Waals surface area contributed by atoms with E-state index in [2.05, 4.69) is 12.0 Å². The molecule has 0 spiro atoms. The lowest BCUT2D eigenvalue weighted by molar-refractivity contribution is -0.131. The van der Waals surface area contributed by atoms with Gasteiger partial charge in [0.25, 0.3) is 0 Å². The maximum absolute atomic E-state index is 10.5. The van der Waals surface area contributed by atoms with Gasteiger partial charge in [-0.05, 0) is 37.0 Å². The molecule has 0 saturated heterocycles. The van der Waals surface area contributed by atoms with Gasteiger partial charge in [0, 0.05) is 36.9 Å². The van der Waals surface area contributed by atoms with E-state index < -0.39 is 5.97 Å². The Labute approximate surface area is 148 Å². The highest BCUT2D eigenvalue weighted by Crippen LogP contribution is 2.23. The number of nitrogens with one attached hydrogen (secondary N) is 1. The fourth-order valence-electron chi connectivity index (χ4n) is 2.86. The van der Waals surface area contributed by atoms with E-state index >= 15 is 0 Å². The Morgan fingerprint density at radius 1 is 1.32 bits per heavy atom. The molecule has 2 N–H and O–H groups in total. The van der Waals surface area contributed by atoms with Crippen LogP contribution < -0.4 is 0 Å². The summed E-state index contributed by atoms with van der Waals surface area (Å²) in [5.74, 6) is -0.816. The van der Waals surface area contributed by atoms with Crippen molar-refractivity contribution in [2.75, 3.05) is 0 Å². The molecule has 5 nitrogen and oxygen atoms in total. The fourth-order valence-corrected chi connectivity index (χ4v) is 2.86. The van der Waals surface area contributed by atoms with E-state index in [0.717, 1.165) is 35.9 Å². The van der Waals surface area contributed by atoms with Gasteiger partial charge in [-0.1, -0.05) is 37.3 Å². The SMILES string of the molecule is CC[C@H](C(=N)CCn1ccc(C)n1)c1ccc(C/C=C/C(=O)O)cc1. The van der Waals surface area contributed by atoms with Crippen molar-refractivity contribution in [2.24, 2.45) is 0 Å². The zero-order valence-electron chi connectivity index (χ0n) is 14.8. The zero-order chi connectivity index (χ0) is 18.2. The molecule has 0 saturated carbocycles. The standard InChI is InChI=1S/C20H25N3O2/c1-3-18(19(21)12-14-23-13-11-15(2)22-23)17-9-7-16(8-10-17)5-4-6-20(24)25/h4,6-11,13,18,21H,3,5,12,14H2,1-2H3,(H,24,25)/b6-4+,21-19?/t18-/m0/s1. The molecule has 1 aromatic heterocycles. The van der Waals surface area contributed by atoms with Crippen LogP contribution in [0.4, 0.5) is 0 Å². The quantitative estimate of drug-likeness (QED) is 0.536. The van der Waals surface area contributed by atoms with Gasteiger partial charge in [-0.15, -0.1) is 0 Å². The van der Waals surface area contributed by atoms with Crippen LogP contribution in [0.3, 0.4) is 0 Å². The Bertz CT molecular complexity index is 745. The second-order valence-corrected chi connectivity index (χ2v) is 6.14. The summed E-state index contributed by atoms with van der Waals surface area (Å²) in [6, 6.07) is 10.1. The van der Waals surface area contributed by atoms with E-state index in [-0.39, 0.29) is 5.92 Å². The van der Waals surface area contributed by atoms with Crippen LogP contribution in [-0.2, 0) is 17.8 Å². The lowest BCUT2D eigenvalue weighted by atomic mass is 9.89. The largest absolute Gasteiger partial charge is 0.478 e. The second kappa shape index (κ2) is 8.97. The smallest absolute Gasteiger partial charge is 0.327 e. The number of carboxylic acid groups (broad SMARTS) is 1. The van der Waals surface area contributed by atoms with E-state index in [1.165, 1.54) is 0 Å². The molecule has 0 bridgehead atoms. The average molecular weight is 339 g/mol. The molecule has 1 atom stereocenters. The number of aromatic nitrogens is 2. The summed E-state index contributed by atoms with van der Waals surface area (Å²) in [6.45, 7) is 4.78. The van der Waals surface area contributed by atoms with Gasteiger partial charge < -0.3 is 10.5 Å². The summed E-state index contributed by atoms with van der Waals surface area (Å²) in [4.78, 5) is 10.5. The van der Waals surface area contributed by atoms with Crippen LogP contribution in [0.5, 0.6) is 0 Å². The first-order chi connectivity index (χ1) is 12.0. The highest BCUT2D eigenvalue weighted by Gasteiger charge is 2.15. The van der Waals surface area contributed by atoms with Crippen molar-refractivity contribution in [3.8, 4) is 0 Å². The molecule has 0 fully saturated rings. The Morgan fingerprint density at radius 3 is 2.60 bits per heavy atom. The van der Waals surface area contributed by atoms with Crippen molar-refractivity contribution >= 4 is 11.7 Å². The fraction of sp³-hybridized carbons (Fsp3) is 0.350. The summed E-state index contributed by atoms with van der Waals surface area (Å²) >= 11 is 0. The molecule has 0 unspecified atom stereocenters. The predicted octanol–water partition coefficient (Wildman–Crippen LogP) is 3.98. The Morgan fingerprint density at radius 2 is 2.04 bits per heavy atom. The molecule has 5 heteroatoms. The monoisotopic (exact) mass is 339 g/mol. The van der Waals surface area contributed by atoms with Crippen molar-refractivity contribution in [3.05, 3.63) is 65.5 Å². The minimum Gasteiger partial charge on any atom is -0.478 e. The van der Waals surface area contributed by atoms with Crippen molar-refractivity contribution in [1.82, 2.24) is 9.78 Å². The molecular formula is C20H25N3O2. The van der Waals surface area contributed by atoms with E-state index in [9.17, 15) is 4.79 Å². The first-order valence-corrected chi connectivity index (χ1v) is 8.55. The van der Waals surface area contributed by atoms with Gasteiger partial charge in [-0.3, -0.25) is 4.68 Å². The maximum Gasteiger partial charge on any atom is 0.327 e. The molecule has 0 aliphatic heterocycles. The molecule has 1 aromatic carbocycles. The first-order valence-electron chi connectivity index (χ1n) is 8.55. The predicted molar refractivity (Wildman–Crippen MR) is 99.3 cm³/mol. The lowest BCUT2D eigenvalue weighted by Gasteiger charge is -2.17. The van der Waals surface area contributed by atoms with Crippen molar-refractivity contribution in [2.45, 2.75) is 45.6 Å². The van der Waals surface area contributed by atoms with Crippen molar-refractivity contribution in [3.63, 3.8) is 0 Å². The molecule has 1 heterocycles. The number of rotatable bonds is 9. The molecule has 2 rings (SSSR count). The third kappa shape index (κ3) is 5.71. The number of hydrogen-bond acceptors (Lipinski definition) is 3. The molecule has 0 radical (unpaired) electrons. The minimum absolute atomic E-state index is 0.111. The number of carbonyl (C=O) groups is 1. The van der Waals surface area contributed by atoms with Crippen LogP contribution in [0.2, 0.25) is 0 Å². The molecule has 25 heavy (non-hydrogen) atoms. The van der Waals surface area contributed by atoms with Gasteiger partial charge >= 0.3 is 5.97 Å². The molecule has 132 valence electrons. The van der Waals surface area contributed by atoms with E-state index in [0.29, 0.717) is 18.6 Å². The highest BCUT2D eigenvalue weighted by molar-refractivity contribution is 5.88. The number of benzene rings is 1. The maximum atomic E-state index is 10.5. The molecule has 0 aliphatic rings. The van der Waals surface area contributed by atoms with Crippen LogP contribution in [-0.4, -0.2) is 26.6 Å². The highest BCUT2D eigenvalue weighted by atomic mass is 16.4. The van der Waals surface area contributed by atoms with E-state index in [4.69, 9.17) is 10.5 Å². The molecule has 2 aromatic rings. The third-order valence-corrected chi connectivity index (χ3v) is 4.21. The summed E-state index contributed by atoms with van der Waals surface area (Å²) < 4.78 is 1.88. The first kappa shape index (κ1) is 18.6. The number of allylic oxidation sites excluding steroid dienone is 1. The van der Waals surface area contributed by atoms with Crippen molar-refractivity contribution in [1.29, 1.82) is 5.41 Å². The number of aliphatic carboxylic acids is 1. The summed E-state index contributed by atoms with van der Waals surface area (Å²) in [5.41, 5.74) is 3.91. The van der Waals surface area contributed by atoms with E-state index in [1.54, 1.807) is 6.08 Å². The minimum atomic E-state index is -0.927. The number of carboxylic acids is 1. The van der Waals surface area contributed by atoms with Gasteiger partial charge in [0.1, 0.15) is 0 Å². The van der Waals surface area contributed by atoms with Crippen LogP contribution in [0, 0.1) is 12.3 Å². The number of aryl methyl sites for hydroxylation is 2. The van der Waals surface area contributed by atoms with Gasteiger partial charge in [-0.25, -0.2) is 4.79 Å². The number of hydrogen-bond donors (Lipinski definition) is 2. The Hall–Kier alpha value is -2.69. The van der Waals surface area contributed by atoms with Crippen LogP contribution in [0.1, 0.15) is 42.5 Å². The van der Waals surface area contributed by atoms with Gasteiger partial charge in [-0.2, -0.15) is 5.10 Å². The molecular weight excluding hydrogens is 314 g/mol. The van der Waals surface area contributed by atoms with Gasteiger partial charge in [0.15, 0.2) is 0 Å². The molecule has 0 aliphatic carbocycles. The van der Waals surface area contributed by atoms with E-state index in [1.807, 2.05) is 48.1 Å².